The second kappa shape index (κ2) is 4.90. The molecule has 5 heteroatoms. The number of carbonyl (C=O) groups is 1. The fraction of sp³-hybridized carbons (Fsp3) is 0.467. The topological polar surface area (TPSA) is 75.3 Å². The molecule has 1 aromatic carbocycles. The van der Waals surface area contributed by atoms with Crippen LogP contribution in [-0.4, -0.2) is 31.8 Å². The summed E-state index contributed by atoms with van der Waals surface area (Å²) in [5, 5.41) is 18.4. The zero-order valence-corrected chi connectivity index (χ0v) is 11.4. The minimum Gasteiger partial charge on any atom is -0.478 e. The van der Waals surface area contributed by atoms with Crippen LogP contribution >= 0.6 is 0 Å². The predicted molar refractivity (Wildman–Crippen MR) is 74.8 cm³/mol. The summed E-state index contributed by atoms with van der Waals surface area (Å²) >= 11 is 0. The fourth-order valence-corrected chi connectivity index (χ4v) is 2.89. The van der Waals surface area contributed by atoms with Crippen LogP contribution < -0.4 is 0 Å². The third-order valence-corrected chi connectivity index (χ3v) is 4.04. The predicted octanol–water partition coefficient (Wildman–Crippen LogP) is 2.07. The number of imidazole rings is 1. The Bertz CT molecular complexity index is 656. The van der Waals surface area contributed by atoms with E-state index in [0.29, 0.717) is 5.92 Å². The van der Waals surface area contributed by atoms with Crippen LogP contribution in [0.3, 0.4) is 0 Å². The lowest BCUT2D eigenvalue weighted by Crippen LogP contribution is -2.31. The highest BCUT2D eigenvalue weighted by molar-refractivity contribution is 5.92. The Kier molecular flexibility index (Phi) is 3.22. The first-order valence-corrected chi connectivity index (χ1v) is 6.99. The molecule has 0 amide bonds. The number of aromatic nitrogens is 2. The molecule has 2 N–H and O–H groups in total. The van der Waals surface area contributed by atoms with E-state index < -0.39 is 5.97 Å². The van der Waals surface area contributed by atoms with Gasteiger partial charge < -0.3 is 14.8 Å². The molecule has 20 heavy (non-hydrogen) atoms. The lowest BCUT2D eigenvalue weighted by atomic mass is 9.82. The Morgan fingerprint density at radius 3 is 2.80 bits per heavy atom. The Hall–Kier alpha value is -1.88. The molecular formula is C15H18N2O3. The molecule has 0 aliphatic heterocycles. The molecule has 0 saturated heterocycles. The van der Waals surface area contributed by atoms with Crippen LogP contribution in [0.2, 0.25) is 0 Å². The van der Waals surface area contributed by atoms with E-state index in [2.05, 4.69) is 9.55 Å². The molecule has 1 aliphatic carbocycles. The SMILES string of the molecule is CCc1nc2cc(C(=O)O)ccc2n1CC1CC(O)C1. The number of hydrogen-bond acceptors (Lipinski definition) is 3. The number of carboxylic acid groups (broad SMARTS) is 1. The number of aryl methyl sites for hydroxylation is 1. The lowest BCUT2D eigenvalue weighted by molar-refractivity contribution is 0.0354. The van der Waals surface area contributed by atoms with Crippen LogP contribution in [0.5, 0.6) is 0 Å². The molecule has 0 unspecified atom stereocenters. The van der Waals surface area contributed by atoms with Crippen LogP contribution in [0.1, 0.15) is 35.9 Å². The standard InChI is InChI=1S/C15H18N2O3/c1-2-14-16-12-7-10(15(19)20)3-4-13(12)17(14)8-9-5-11(18)6-9/h3-4,7,9,11,18H,2,5-6,8H2,1H3,(H,19,20). The van der Waals surface area contributed by atoms with E-state index in [0.717, 1.165) is 42.7 Å². The number of aromatic carboxylic acids is 1. The molecule has 0 radical (unpaired) electrons. The molecule has 1 saturated carbocycles. The molecule has 5 nitrogen and oxygen atoms in total. The zero-order chi connectivity index (χ0) is 14.3. The Labute approximate surface area is 116 Å². The van der Waals surface area contributed by atoms with Crippen molar-refractivity contribution in [3.63, 3.8) is 0 Å². The van der Waals surface area contributed by atoms with Gasteiger partial charge >= 0.3 is 5.97 Å². The summed E-state index contributed by atoms with van der Waals surface area (Å²) in [5.41, 5.74) is 1.98. The van der Waals surface area contributed by atoms with Crippen molar-refractivity contribution in [1.29, 1.82) is 0 Å². The van der Waals surface area contributed by atoms with Gasteiger partial charge in [0.05, 0.1) is 22.7 Å². The van der Waals surface area contributed by atoms with Gasteiger partial charge in [-0.2, -0.15) is 0 Å². The molecule has 0 bridgehead atoms. The smallest absolute Gasteiger partial charge is 0.335 e. The highest BCUT2D eigenvalue weighted by Gasteiger charge is 2.28. The number of nitrogens with zero attached hydrogens (tertiary/aromatic N) is 2. The van der Waals surface area contributed by atoms with Crippen molar-refractivity contribution in [2.24, 2.45) is 5.92 Å². The number of benzene rings is 1. The molecular weight excluding hydrogens is 256 g/mol. The van der Waals surface area contributed by atoms with Crippen molar-refractivity contribution < 1.29 is 15.0 Å². The van der Waals surface area contributed by atoms with Crippen molar-refractivity contribution in [1.82, 2.24) is 9.55 Å². The van der Waals surface area contributed by atoms with E-state index in [-0.39, 0.29) is 11.7 Å². The maximum atomic E-state index is 11.0. The maximum absolute atomic E-state index is 11.0. The van der Waals surface area contributed by atoms with Crippen LogP contribution in [-0.2, 0) is 13.0 Å². The number of aliphatic hydroxyl groups is 1. The average molecular weight is 274 g/mol. The number of fused-ring (bicyclic) bond motifs is 1. The number of hydrogen-bond donors (Lipinski definition) is 2. The molecule has 1 fully saturated rings. The third kappa shape index (κ3) is 2.18. The first-order chi connectivity index (χ1) is 9.58. The van der Waals surface area contributed by atoms with E-state index in [1.165, 1.54) is 0 Å². The normalized spacial score (nSPS) is 21.9. The largest absolute Gasteiger partial charge is 0.478 e. The third-order valence-electron chi connectivity index (χ3n) is 4.04. The molecule has 0 atom stereocenters. The monoisotopic (exact) mass is 274 g/mol. The molecule has 2 aromatic rings. The van der Waals surface area contributed by atoms with Crippen LogP contribution in [0, 0.1) is 5.92 Å². The van der Waals surface area contributed by atoms with Gasteiger partial charge in [0.2, 0.25) is 0 Å². The molecule has 3 rings (SSSR count). The molecule has 0 spiro atoms. The van der Waals surface area contributed by atoms with E-state index >= 15 is 0 Å². The van der Waals surface area contributed by atoms with Gasteiger partial charge in [0, 0.05) is 13.0 Å². The second-order valence-electron chi connectivity index (χ2n) is 5.49. The van der Waals surface area contributed by atoms with Crippen molar-refractivity contribution in [2.45, 2.75) is 38.8 Å². The van der Waals surface area contributed by atoms with Gasteiger partial charge in [0.25, 0.3) is 0 Å². The van der Waals surface area contributed by atoms with Gasteiger partial charge in [-0.15, -0.1) is 0 Å². The Morgan fingerprint density at radius 1 is 1.45 bits per heavy atom. The van der Waals surface area contributed by atoms with Crippen LogP contribution in [0.25, 0.3) is 11.0 Å². The fourth-order valence-electron chi connectivity index (χ4n) is 2.89. The summed E-state index contributed by atoms with van der Waals surface area (Å²) < 4.78 is 2.16. The summed E-state index contributed by atoms with van der Waals surface area (Å²) in [4.78, 5) is 15.6. The Morgan fingerprint density at radius 2 is 2.20 bits per heavy atom. The van der Waals surface area contributed by atoms with Gasteiger partial charge in [-0.05, 0) is 37.0 Å². The molecule has 1 heterocycles. The first-order valence-electron chi connectivity index (χ1n) is 6.99. The van der Waals surface area contributed by atoms with Gasteiger partial charge in [-0.25, -0.2) is 9.78 Å². The molecule has 106 valence electrons. The summed E-state index contributed by atoms with van der Waals surface area (Å²) in [6.45, 7) is 2.90. The summed E-state index contributed by atoms with van der Waals surface area (Å²) in [6, 6.07) is 5.08. The Balaban J connectivity index is 1.98. The van der Waals surface area contributed by atoms with Gasteiger partial charge in [-0.3, -0.25) is 0 Å². The minimum absolute atomic E-state index is 0.154. The number of carboxylic acids is 1. The first kappa shape index (κ1) is 13.1. The zero-order valence-electron chi connectivity index (χ0n) is 11.4. The summed E-state index contributed by atoms with van der Waals surface area (Å²) in [7, 11) is 0. The van der Waals surface area contributed by atoms with E-state index in [4.69, 9.17) is 5.11 Å². The van der Waals surface area contributed by atoms with Crippen LogP contribution in [0.15, 0.2) is 18.2 Å². The second-order valence-corrected chi connectivity index (χ2v) is 5.49. The van der Waals surface area contributed by atoms with E-state index in [1.54, 1.807) is 12.1 Å². The average Bonchev–Trinajstić information content (AvgIpc) is 2.74. The number of rotatable bonds is 4. The van der Waals surface area contributed by atoms with Crippen molar-refractivity contribution in [2.75, 3.05) is 0 Å². The van der Waals surface area contributed by atoms with Crippen molar-refractivity contribution >= 4 is 17.0 Å². The van der Waals surface area contributed by atoms with Gasteiger partial charge in [0.15, 0.2) is 0 Å². The highest BCUT2D eigenvalue weighted by atomic mass is 16.4. The summed E-state index contributed by atoms with van der Waals surface area (Å²) in [5.74, 6) is 0.539. The molecule has 1 aliphatic rings. The quantitative estimate of drug-likeness (QED) is 0.895. The lowest BCUT2D eigenvalue weighted by Gasteiger charge is -2.32. The highest BCUT2D eigenvalue weighted by Crippen LogP contribution is 2.30. The van der Waals surface area contributed by atoms with Crippen LogP contribution in [0.4, 0.5) is 0 Å². The maximum Gasteiger partial charge on any atom is 0.335 e. The minimum atomic E-state index is -0.929. The van der Waals surface area contributed by atoms with Gasteiger partial charge in [0.1, 0.15) is 5.82 Å². The van der Waals surface area contributed by atoms with Crippen molar-refractivity contribution in [3.8, 4) is 0 Å². The number of aliphatic hydroxyl groups excluding tert-OH is 1. The molecule has 1 aromatic heterocycles. The van der Waals surface area contributed by atoms with E-state index in [1.807, 2.05) is 13.0 Å². The van der Waals surface area contributed by atoms with Crippen molar-refractivity contribution in [3.05, 3.63) is 29.6 Å². The van der Waals surface area contributed by atoms with E-state index in [9.17, 15) is 9.90 Å². The van der Waals surface area contributed by atoms with Gasteiger partial charge in [-0.1, -0.05) is 6.92 Å². The summed E-state index contributed by atoms with van der Waals surface area (Å²) in [6.07, 6.45) is 2.34.